The first-order chi connectivity index (χ1) is 12.8. The van der Waals surface area contributed by atoms with Gasteiger partial charge in [0.2, 0.25) is 11.8 Å². The Labute approximate surface area is 158 Å². The third-order valence-electron chi connectivity index (χ3n) is 4.73. The number of amides is 2. The van der Waals surface area contributed by atoms with Crippen molar-refractivity contribution >= 4 is 28.5 Å². The van der Waals surface area contributed by atoms with Crippen molar-refractivity contribution < 1.29 is 14.0 Å². The van der Waals surface area contributed by atoms with Crippen molar-refractivity contribution in [3.8, 4) is 0 Å². The average Bonchev–Trinajstić information content (AvgIpc) is 2.98. The molecule has 0 spiro atoms. The maximum absolute atomic E-state index is 12.3. The summed E-state index contributed by atoms with van der Waals surface area (Å²) in [4.78, 5) is 24.4. The van der Waals surface area contributed by atoms with E-state index < -0.39 is 0 Å². The summed E-state index contributed by atoms with van der Waals surface area (Å²) in [5, 5.41) is 6.45. The Hall–Kier alpha value is -3.08. The van der Waals surface area contributed by atoms with E-state index in [9.17, 15) is 9.59 Å². The molecule has 27 heavy (non-hydrogen) atoms. The molecule has 5 nitrogen and oxygen atoms in total. The predicted molar refractivity (Wildman–Crippen MR) is 107 cm³/mol. The van der Waals surface area contributed by atoms with E-state index in [0.29, 0.717) is 0 Å². The van der Waals surface area contributed by atoms with E-state index in [-0.39, 0.29) is 24.8 Å². The van der Waals surface area contributed by atoms with Crippen LogP contribution in [0.25, 0.3) is 11.0 Å². The predicted octanol–water partition coefficient (Wildman–Crippen LogP) is 3.96. The van der Waals surface area contributed by atoms with Gasteiger partial charge in [0.15, 0.2) is 0 Å². The molecule has 0 atom stereocenters. The monoisotopic (exact) mass is 364 g/mol. The van der Waals surface area contributed by atoms with Crippen LogP contribution in [0.4, 0.5) is 5.69 Å². The second kappa shape index (κ2) is 7.66. The zero-order valence-electron chi connectivity index (χ0n) is 16.1. The van der Waals surface area contributed by atoms with E-state index in [1.165, 1.54) is 0 Å². The molecule has 140 valence electrons. The van der Waals surface area contributed by atoms with Gasteiger partial charge in [0.25, 0.3) is 0 Å². The molecular formula is C22H24N2O3. The lowest BCUT2D eigenvalue weighted by atomic mass is 10.0. The molecule has 1 aromatic heterocycles. The highest BCUT2D eigenvalue weighted by Crippen LogP contribution is 2.25. The normalized spacial score (nSPS) is 10.8. The largest absolute Gasteiger partial charge is 0.464 e. The molecule has 0 aliphatic rings. The smallest absolute Gasteiger partial charge is 0.243 e. The number of hydrogen-bond acceptors (Lipinski definition) is 3. The Balaban J connectivity index is 1.59. The SMILES string of the molecule is Cc1ccc(C)c(NC(=O)CNC(=O)Cc2coc3cc(C)c(C)cc23)c1. The van der Waals surface area contributed by atoms with Gasteiger partial charge in [0.05, 0.1) is 19.2 Å². The number of carbonyl (C=O) groups is 2. The summed E-state index contributed by atoms with van der Waals surface area (Å²) in [6, 6.07) is 9.87. The van der Waals surface area contributed by atoms with Crippen molar-refractivity contribution in [3.05, 3.63) is 64.4 Å². The van der Waals surface area contributed by atoms with Crippen molar-refractivity contribution in [3.63, 3.8) is 0 Å². The molecule has 3 rings (SSSR count). The molecule has 0 unspecified atom stereocenters. The maximum atomic E-state index is 12.3. The highest BCUT2D eigenvalue weighted by Gasteiger charge is 2.13. The van der Waals surface area contributed by atoms with E-state index in [0.717, 1.165) is 44.5 Å². The molecule has 0 bridgehead atoms. The molecule has 2 N–H and O–H groups in total. The lowest BCUT2D eigenvalue weighted by Gasteiger charge is -2.10. The fraction of sp³-hybridized carbons (Fsp3) is 0.273. The Morgan fingerprint density at radius 1 is 0.926 bits per heavy atom. The van der Waals surface area contributed by atoms with Crippen molar-refractivity contribution in [2.45, 2.75) is 34.1 Å². The topological polar surface area (TPSA) is 71.3 Å². The highest BCUT2D eigenvalue weighted by atomic mass is 16.3. The molecule has 0 fully saturated rings. The van der Waals surface area contributed by atoms with Gasteiger partial charge < -0.3 is 15.1 Å². The fourth-order valence-electron chi connectivity index (χ4n) is 2.95. The number of carbonyl (C=O) groups excluding carboxylic acids is 2. The van der Waals surface area contributed by atoms with Crippen molar-refractivity contribution in [1.29, 1.82) is 0 Å². The summed E-state index contributed by atoms with van der Waals surface area (Å²) in [5.41, 5.74) is 6.71. The van der Waals surface area contributed by atoms with Crippen molar-refractivity contribution in [2.24, 2.45) is 0 Å². The number of benzene rings is 2. The maximum Gasteiger partial charge on any atom is 0.243 e. The number of rotatable bonds is 5. The summed E-state index contributed by atoms with van der Waals surface area (Å²) in [6.07, 6.45) is 1.78. The van der Waals surface area contributed by atoms with Crippen LogP contribution in [0.3, 0.4) is 0 Å². The van der Waals surface area contributed by atoms with Crippen LogP contribution in [0.5, 0.6) is 0 Å². The third-order valence-corrected chi connectivity index (χ3v) is 4.73. The van der Waals surface area contributed by atoms with E-state index in [1.807, 2.05) is 58.0 Å². The molecule has 0 aliphatic heterocycles. The van der Waals surface area contributed by atoms with Crippen LogP contribution in [-0.4, -0.2) is 18.4 Å². The minimum atomic E-state index is -0.249. The minimum absolute atomic E-state index is 0.0693. The summed E-state index contributed by atoms with van der Waals surface area (Å²) >= 11 is 0. The van der Waals surface area contributed by atoms with Crippen molar-refractivity contribution in [2.75, 3.05) is 11.9 Å². The first kappa shape index (κ1) is 18.7. The molecular weight excluding hydrogens is 340 g/mol. The van der Waals surface area contributed by atoms with Gasteiger partial charge >= 0.3 is 0 Å². The summed E-state index contributed by atoms with van der Waals surface area (Å²) in [5.74, 6) is -0.465. The molecule has 5 heteroatoms. The number of anilines is 1. The Bertz CT molecular complexity index is 1020. The Morgan fingerprint density at radius 2 is 1.67 bits per heavy atom. The Morgan fingerprint density at radius 3 is 2.44 bits per heavy atom. The van der Waals surface area contributed by atoms with Gasteiger partial charge in [0, 0.05) is 16.6 Å². The molecule has 1 heterocycles. The van der Waals surface area contributed by atoms with Gasteiger partial charge in [0.1, 0.15) is 5.58 Å². The van der Waals surface area contributed by atoms with Crippen LogP contribution < -0.4 is 10.6 Å². The lowest BCUT2D eigenvalue weighted by Crippen LogP contribution is -2.33. The zero-order chi connectivity index (χ0) is 19.6. The number of aryl methyl sites for hydroxylation is 4. The van der Waals surface area contributed by atoms with Gasteiger partial charge in [-0.25, -0.2) is 0 Å². The highest BCUT2D eigenvalue weighted by molar-refractivity contribution is 5.96. The standard InChI is InChI=1S/C22H24N2O3/c1-13-5-6-14(2)19(7-13)24-22(26)11-23-21(25)10-17-12-27-20-9-16(4)15(3)8-18(17)20/h5-9,12H,10-11H2,1-4H3,(H,23,25)(H,24,26). The molecule has 0 saturated carbocycles. The van der Waals surface area contributed by atoms with Gasteiger partial charge in [-0.15, -0.1) is 0 Å². The average molecular weight is 364 g/mol. The number of fused-ring (bicyclic) bond motifs is 1. The van der Waals surface area contributed by atoms with Crippen LogP contribution in [0.15, 0.2) is 41.0 Å². The quantitative estimate of drug-likeness (QED) is 0.720. The van der Waals surface area contributed by atoms with E-state index >= 15 is 0 Å². The van der Waals surface area contributed by atoms with Crippen LogP contribution >= 0.6 is 0 Å². The second-order valence-corrected chi connectivity index (χ2v) is 7.01. The summed E-state index contributed by atoms with van der Waals surface area (Å²) in [6.45, 7) is 7.89. The lowest BCUT2D eigenvalue weighted by molar-refractivity contribution is -0.123. The molecule has 0 aliphatic carbocycles. The molecule has 2 aromatic carbocycles. The Kier molecular flexibility index (Phi) is 5.31. The zero-order valence-corrected chi connectivity index (χ0v) is 16.1. The van der Waals surface area contributed by atoms with Crippen LogP contribution in [0.2, 0.25) is 0 Å². The fourth-order valence-corrected chi connectivity index (χ4v) is 2.95. The number of furan rings is 1. The summed E-state index contributed by atoms with van der Waals surface area (Å²) in [7, 11) is 0. The minimum Gasteiger partial charge on any atom is -0.464 e. The van der Waals surface area contributed by atoms with E-state index in [4.69, 9.17) is 4.42 Å². The van der Waals surface area contributed by atoms with E-state index in [1.54, 1.807) is 6.26 Å². The second-order valence-electron chi connectivity index (χ2n) is 7.01. The first-order valence-corrected chi connectivity index (χ1v) is 8.94. The van der Waals surface area contributed by atoms with E-state index in [2.05, 4.69) is 10.6 Å². The van der Waals surface area contributed by atoms with Crippen LogP contribution in [0.1, 0.15) is 27.8 Å². The molecule has 0 radical (unpaired) electrons. The van der Waals surface area contributed by atoms with Gasteiger partial charge in [-0.2, -0.15) is 0 Å². The molecule has 2 amide bonds. The van der Waals surface area contributed by atoms with Crippen LogP contribution in [0, 0.1) is 27.7 Å². The van der Waals surface area contributed by atoms with Crippen molar-refractivity contribution in [1.82, 2.24) is 5.32 Å². The van der Waals surface area contributed by atoms with Gasteiger partial charge in [-0.05, 0) is 68.1 Å². The molecule has 0 saturated heterocycles. The summed E-state index contributed by atoms with van der Waals surface area (Å²) < 4.78 is 5.56. The molecule has 3 aromatic rings. The van der Waals surface area contributed by atoms with Gasteiger partial charge in [-0.3, -0.25) is 9.59 Å². The van der Waals surface area contributed by atoms with Gasteiger partial charge in [-0.1, -0.05) is 12.1 Å². The van der Waals surface area contributed by atoms with Crippen LogP contribution in [-0.2, 0) is 16.0 Å². The first-order valence-electron chi connectivity index (χ1n) is 8.94. The number of nitrogens with one attached hydrogen (secondary N) is 2. The third kappa shape index (κ3) is 4.37. The number of hydrogen-bond donors (Lipinski definition) is 2.